The molecule has 1 heterocycles. The second-order valence-electron chi connectivity index (χ2n) is 4.88. The Labute approximate surface area is 117 Å². The molecule has 5 heteroatoms. The van der Waals surface area contributed by atoms with Crippen LogP contribution >= 0.6 is 0 Å². The van der Waals surface area contributed by atoms with Crippen LogP contribution in [0, 0.1) is 5.82 Å². The number of halogens is 1. The van der Waals surface area contributed by atoms with E-state index >= 15 is 0 Å². The molecule has 108 valence electrons. The Bertz CT molecular complexity index is 465. The topological polar surface area (TPSA) is 46.6 Å². The lowest BCUT2D eigenvalue weighted by atomic mass is 10.2. The molecule has 0 bridgehead atoms. The zero-order valence-corrected chi connectivity index (χ0v) is 11.3. The number of esters is 1. The summed E-state index contributed by atoms with van der Waals surface area (Å²) in [6, 6.07) is 5.06. The molecule has 0 aliphatic carbocycles. The van der Waals surface area contributed by atoms with Crippen molar-refractivity contribution in [3.05, 3.63) is 35.6 Å². The largest absolute Gasteiger partial charge is 0.452 e. The Hall–Kier alpha value is -1.91. The molecule has 1 aliphatic rings. The van der Waals surface area contributed by atoms with Crippen molar-refractivity contribution in [1.82, 2.24) is 4.90 Å². The molecule has 2 rings (SSSR count). The maximum Gasteiger partial charge on any atom is 0.338 e. The summed E-state index contributed by atoms with van der Waals surface area (Å²) in [7, 11) is 0. The van der Waals surface area contributed by atoms with Gasteiger partial charge >= 0.3 is 5.97 Å². The summed E-state index contributed by atoms with van der Waals surface area (Å²) in [4.78, 5) is 25.4. The van der Waals surface area contributed by atoms with E-state index in [-0.39, 0.29) is 18.1 Å². The van der Waals surface area contributed by atoms with Crippen LogP contribution in [0.15, 0.2) is 24.3 Å². The predicted molar refractivity (Wildman–Crippen MR) is 71.7 cm³/mol. The van der Waals surface area contributed by atoms with Crippen molar-refractivity contribution in [2.75, 3.05) is 19.7 Å². The van der Waals surface area contributed by atoms with Gasteiger partial charge in [-0.15, -0.1) is 0 Å². The third-order valence-electron chi connectivity index (χ3n) is 3.37. The number of benzene rings is 1. The molecule has 1 aliphatic heterocycles. The van der Waals surface area contributed by atoms with Gasteiger partial charge in [-0.3, -0.25) is 4.79 Å². The second kappa shape index (κ2) is 7.03. The van der Waals surface area contributed by atoms with Crippen LogP contribution in [0.5, 0.6) is 0 Å². The number of hydrogen-bond acceptors (Lipinski definition) is 3. The third-order valence-corrected chi connectivity index (χ3v) is 3.37. The molecule has 1 amide bonds. The normalized spacial score (nSPS) is 15.6. The second-order valence-corrected chi connectivity index (χ2v) is 4.88. The highest BCUT2D eigenvalue weighted by atomic mass is 19.1. The van der Waals surface area contributed by atoms with Crippen LogP contribution in [-0.4, -0.2) is 36.5 Å². The van der Waals surface area contributed by atoms with E-state index in [0.717, 1.165) is 38.8 Å². The fraction of sp³-hybridized carbons (Fsp3) is 0.467. The minimum absolute atomic E-state index is 0.164. The minimum atomic E-state index is -0.604. The molecule has 20 heavy (non-hydrogen) atoms. The van der Waals surface area contributed by atoms with Gasteiger partial charge in [0.2, 0.25) is 0 Å². The number of likely N-dealkylation sites (tertiary alicyclic amines) is 1. The molecule has 0 atom stereocenters. The quantitative estimate of drug-likeness (QED) is 0.798. The smallest absolute Gasteiger partial charge is 0.338 e. The highest BCUT2D eigenvalue weighted by molar-refractivity contribution is 5.91. The maximum atomic E-state index is 12.7. The fourth-order valence-corrected chi connectivity index (χ4v) is 2.21. The summed E-state index contributed by atoms with van der Waals surface area (Å²) < 4.78 is 17.7. The van der Waals surface area contributed by atoms with Crippen LogP contribution in [0.3, 0.4) is 0 Å². The number of carbonyl (C=O) groups excluding carboxylic acids is 2. The van der Waals surface area contributed by atoms with Crippen LogP contribution in [0.4, 0.5) is 4.39 Å². The van der Waals surface area contributed by atoms with Gasteiger partial charge in [0.25, 0.3) is 5.91 Å². The van der Waals surface area contributed by atoms with Gasteiger partial charge in [-0.25, -0.2) is 9.18 Å². The molecule has 1 aromatic carbocycles. The number of nitrogens with zero attached hydrogens (tertiary/aromatic N) is 1. The molecule has 1 aromatic rings. The first-order chi connectivity index (χ1) is 9.66. The number of rotatable bonds is 3. The predicted octanol–water partition coefficient (Wildman–Crippen LogP) is 2.39. The van der Waals surface area contributed by atoms with Gasteiger partial charge in [0.1, 0.15) is 5.82 Å². The first-order valence-corrected chi connectivity index (χ1v) is 6.87. The molecule has 4 nitrogen and oxygen atoms in total. The van der Waals surface area contributed by atoms with Gasteiger partial charge in [0.05, 0.1) is 5.56 Å². The lowest BCUT2D eigenvalue weighted by Crippen LogP contribution is -2.35. The number of hydrogen-bond donors (Lipinski definition) is 0. The van der Waals surface area contributed by atoms with Gasteiger partial charge in [0.15, 0.2) is 6.61 Å². The van der Waals surface area contributed by atoms with Crippen molar-refractivity contribution in [2.45, 2.75) is 25.7 Å². The Kier molecular flexibility index (Phi) is 5.09. The molecule has 0 saturated carbocycles. The van der Waals surface area contributed by atoms with Gasteiger partial charge in [0, 0.05) is 13.1 Å². The van der Waals surface area contributed by atoms with Gasteiger partial charge in [-0.2, -0.15) is 0 Å². The van der Waals surface area contributed by atoms with Gasteiger partial charge < -0.3 is 9.64 Å². The summed E-state index contributed by atoms with van der Waals surface area (Å²) in [6.07, 6.45) is 4.27. The zero-order chi connectivity index (χ0) is 14.4. The highest BCUT2D eigenvalue weighted by Gasteiger charge is 2.17. The van der Waals surface area contributed by atoms with Crippen molar-refractivity contribution in [2.24, 2.45) is 0 Å². The number of carbonyl (C=O) groups is 2. The molecule has 0 spiro atoms. The Morgan fingerprint density at radius 2 is 1.65 bits per heavy atom. The van der Waals surface area contributed by atoms with Gasteiger partial charge in [-0.05, 0) is 37.1 Å². The van der Waals surface area contributed by atoms with E-state index in [1.54, 1.807) is 4.90 Å². The van der Waals surface area contributed by atoms with Crippen LogP contribution in [0.2, 0.25) is 0 Å². The lowest BCUT2D eigenvalue weighted by molar-refractivity contribution is -0.134. The van der Waals surface area contributed by atoms with E-state index in [1.165, 1.54) is 24.3 Å². The molecule has 0 radical (unpaired) electrons. The fourth-order valence-electron chi connectivity index (χ4n) is 2.21. The van der Waals surface area contributed by atoms with Crippen molar-refractivity contribution in [3.63, 3.8) is 0 Å². The van der Waals surface area contributed by atoms with Crippen LogP contribution in [0.25, 0.3) is 0 Å². The summed E-state index contributed by atoms with van der Waals surface area (Å²) in [5, 5.41) is 0. The van der Waals surface area contributed by atoms with Crippen LogP contribution in [0.1, 0.15) is 36.0 Å². The monoisotopic (exact) mass is 279 g/mol. The van der Waals surface area contributed by atoms with E-state index in [1.807, 2.05) is 0 Å². The average molecular weight is 279 g/mol. The number of ether oxygens (including phenoxy) is 1. The molecule has 1 fully saturated rings. The summed E-state index contributed by atoms with van der Waals surface area (Å²) >= 11 is 0. The molecule has 0 aromatic heterocycles. The van der Waals surface area contributed by atoms with Gasteiger partial charge in [-0.1, -0.05) is 12.8 Å². The Balaban J connectivity index is 1.83. The Morgan fingerprint density at radius 1 is 1.05 bits per heavy atom. The SMILES string of the molecule is O=C(OCC(=O)N1CCCCCC1)c1ccc(F)cc1. The maximum absolute atomic E-state index is 12.7. The van der Waals surface area contributed by atoms with Crippen LogP contribution < -0.4 is 0 Å². The first kappa shape index (κ1) is 14.5. The molecular weight excluding hydrogens is 261 g/mol. The average Bonchev–Trinajstić information content (AvgIpc) is 2.74. The molecule has 0 N–H and O–H groups in total. The minimum Gasteiger partial charge on any atom is -0.452 e. The molecular formula is C15H18FNO3. The van der Waals surface area contributed by atoms with Crippen molar-refractivity contribution in [3.8, 4) is 0 Å². The van der Waals surface area contributed by atoms with E-state index < -0.39 is 11.8 Å². The molecule has 0 unspecified atom stereocenters. The third kappa shape index (κ3) is 4.05. The van der Waals surface area contributed by atoms with E-state index in [4.69, 9.17) is 4.74 Å². The van der Waals surface area contributed by atoms with E-state index in [2.05, 4.69) is 0 Å². The van der Waals surface area contributed by atoms with Crippen molar-refractivity contribution in [1.29, 1.82) is 0 Å². The van der Waals surface area contributed by atoms with Crippen molar-refractivity contribution >= 4 is 11.9 Å². The highest BCUT2D eigenvalue weighted by Crippen LogP contribution is 2.10. The van der Waals surface area contributed by atoms with E-state index in [9.17, 15) is 14.0 Å². The lowest BCUT2D eigenvalue weighted by Gasteiger charge is -2.19. The standard InChI is InChI=1S/C15H18FNO3/c16-13-7-5-12(6-8-13)15(19)20-11-14(18)17-9-3-1-2-4-10-17/h5-8H,1-4,9-11H2. The Morgan fingerprint density at radius 3 is 2.25 bits per heavy atom. The summed E-state index contributed by atoms with van der Waals surface area (Å²) in [5.74, 6) is -1.18. The first-order valence-electron chi connectivity index (χ1n) is 6.87. The number of amides is 1. The van der Waals surface area contributed by atoms with Crippen LogP contribution in [-0.2, 0) is 9.53 Å². The molecule has 1 saturated heterocycles. The summed E-state index contributed by atoms with van der Waals surface area (Å²) in [6.45, 7) is 1.20. The zero-order valence-electron chi connectivity index (χ0n) is 11.3. The van der Waals surface area contributed by atoms with Crippen molar-refractivity contribution < 1.29 is 18.7 Å². The van der Waals surface area contributed by atoms with E-state index in [0.29, 0.717) is 0 Å². The summed E-state index contributed by atoms with van der Waals surface area (Å²) in [5.41, 5.74) is 0.245.